The van der Waals surface area contributed by atoms with Crippen molar-refractivity contribution in [3.8, 4) is 11.1 Å². The molecule has 1 aliphatic heterocycles. The average molecular weight is 437 g/mol. The third-order valence-electron chi connectivity index (χ3n) is 6.01. The predicted molar refractivity (Wildman–Crippen MR) is 125 cm³/mol. The van der Waals surface area contributed by atoms with E-state index in [9.17, 15) is 13.2 Å². The summed E-state index contributed by atoms with van der Waals surface area (Å²) in [6.45, 7) is 1.97. The van der Waals surface area contributed by atoms with E-state index in [1.54, 1.807) is 0 Å². The maximum atomic E-state index is 13.2. The molecular formula is C25H28N2O3S. The maximum Gasteiger partial charge on any atom is 0.254 e. The summed E-state index contributed by atoms with van der Waals surface area (Å²) in [6, 6.07) is 21.8. The Kier molecular flexibility index (Phi) is 6.12. The van der Waals surface area contributed by atoms with E-state index in [1.807, 2.05) is 54.0 Å². The van der Waals surface area contributed by atoms with Crippen LogP contribution in [0.2, 0.25) is 0 Å². The molecule has 0 saturated heterocycles. The van der Waals surface area contributed by atoms with Gasteiger partial charge in [0.05, 0.1) is 12.3 Å². The highest BCUT2D eigenvalue weighted by atomic mass is 32.2. The van der Waals surface area contributed by atoms with Gasteiger partial charge in [-0.3, -0.25) is 4.79 Å². The second kappa shape index (κ2) is 8.81. The van der Waals surface area contributed by atoms with Crippen LogP contribution in [0.3, 0.4) is 0 Å². The Labute approximate surface area is 183 Å². The number of pyridine rings is 1. The van der Waals surface area contributed by atoms with Crippen molar-refractivity contribution in [2.75, 3.05) is 6.26 Å². The fourth-order valence-electron chi connectivity index (χ4n) is 4.54. The predicted octanol–water partition coefficient (Wildman–Crippen LogP) is 3.73. The Morgan fingerprint density at radius 1 is 1.00 bits per heavy atom. The number of fused-ring (bicyclic) bond motifs is 1. The second-order valence-corrected chi connectivity index (χ2v) is 10.0. The van der Waals surface area contributed by atoms with E-state index in [0.717, 1.165) is 27.9 Å². The van der Waals surface area contributed by atoms with E-state index in [4.69, 9.17) is 0 Å². The largest absolute Gasteiger partial charge is 0.307 e. The molecule has 162 valence electrons. The van der Waals surface area contributed by atoms with E-state index >= 15 is 0 Å². The summed E-state index contributed by atoms with van der Waals surface area (Å²) in [5.74, 6) is 0. The highest BCUT2D eigenvalue weighted by Gasteiger charge is 2.32. The van der Waals surface area contributed by atoms with E-state index in [0.29, 0.717) is 25.7 Å². The highest BCUT2D eigenvalue weighted by molar-refractivity contribution is 7.88. The zero-order valence-electron chi connectivity index (χ0n) is 17.9. The third-order valence-corrected chi connectivity index (χ3v) is 6.74. The quantitative estimate of drug-likeness (QED) is 0.640. The minimum atomic E-state index is -3.40. The van der Waals surface area contributed by atoms with Gasteiger partial charge in [0.1, 0.15) is 0 Å². The second-order valence-electron chi connectivity index (χ2n) is 8.25. The monoisotopic (exact) mass is 436 g/mol. The lowest BCUT2D eigenvalue weighted by Crippen LogP contribution is -2.48. The molecule has 4 rings (SSSR count). The number of aryl methyl sites for hydroxylation is 2. The SMILES string of the molecule is CCc1ccc2n(c1=O)[C@@H](Cc1cccc(-c3ccccc3)c1)[C@@H](NS(C)(=O)=O)CC2. The van der Waals surface area contributed by atoms with Gasteiger partial charge in [-0.05, 0) is 48.4 Å². The van der Waals surface area contributed by atoms with Crippen molar-refractivity contribution in [2.24, 2.45) is 0 Å². The molecule has 1 N–H and O–H groups in total. The van der Waals surface area contributed by atoms with Crippen molar-refractivity contribution in [3.05, 3.63) is 93.9 Å². The molecule has 1 aromatic heterocycles. The maximum absolute atomic E-state index is 13.2. The first-order chi connectivity index (χ1) is 14.9. The Balaban J connectivity index is 1.76. The Morgan fingerprint density at radius 3 is 2.45 bits per heavy atom. The number of hydrogen-bond donors (Lipinski definition) is 1. The van der Waals surface area contributed by atoms with E-state index in [1.165, 1.54) is 6.26 Å². The molecule has 5 nitrogen and oxygen atoms in total. The van der Waals surface area contributed by atoms with E-state index < -0.39 is 10.0 Å². The van der Waals surface area contributed by atoms with Gasteiger partial charge in [-0.2, -0.15) is 0 Å². The first-order valence-corrected chi connectivity index (χ1v) is 12.6. The van der Waals surface area contributed by atoms with Crippen molar-refractivity contribution in [1.29, 1.82) is 0 Å². The van der Waals surface area contributed by atoms with Gasteiger partial charge in [-0.25, -0.2) is 13.1 Å². The summed E-state index contributed by atoms with van der Waals surface area (Å²) in [4.78, 5) is 13.2. The van der Waals surface area contributed by atoms with Crippen LogP contribution in [0.15, 0.2) is 71.5 Å². The molecule has 0 fully saturated rings. The smallest absolute Gasteiger partial charge is 0.254 e. The molecule has 2 heterocycles. The number of sulfonamides is 1. The van der Waals surface area contributed by atoms with Crippen LogP contribution in [-0.4, -0.2) is 25.3 Å². The van der Waals surface area contributed by atoms with Crippen LogP contribution in [0.25, 0.3) is 11.1 Å². The molecule has 0 aliphatic carbocycles. The normalized spacial score (nSPS) is 18.5. The van der Waals surface area contributed by atoms with Gasteiger partial charge in [0.25, 0.3) is 5.56 Å². The van der Waals surface area contributed by atoms with Gasteiger partial charge in [0, 0.05) is 17.3 Å². The number of hydrogen-bond acceptors (Lipinski definition) is 3. The van der Waals surface area contributed by atoms with Gasteiger partial charge in [0.2, 0.25) is 10.0 Å². The molecule has 0 spiro atoms. The topological polar surface area (TPSA) is 68.2 Å². The minimum Gasteiger partial charge on any atom is -0.307 e. The van der Waals surface area contributed by atoms with Crippen LogP contribution in [0.5, 0.6) is 0 Å². The van der Waals surface area contributed by atoms with Gasteiger partial charge in [0.15, 0.2) is 0 Å². The number of nitrogens with zero attached hydrogens (tertiary/aromatic N) is 1. The first-order valence-electron chi connectivity index (χ1n) is 10.7. The number of benzene rings is 2. The molecule has 0 bridgehead atoms. The lowest BCUT2D eigenvalue weighted by molar-refractivity contribution is 0.314. The minimum absolute atomic E-state index is 0.00999. The number of aromatic nitrogens is 1. The van der Waals surface area contributed by atoms with Crippen LogP contribution in [-0.2, 0) is 29.3 Å². The molecule has 6 heteroatoms. The highest BCUT2D eigenvalue weighted by Crippen LogP contribution is 2.29. The first kappa shape index (κ1) is 21.5. The molecule has 31 heavy (non-hydrogen) atoms. The summed E-state index contributed by atoms with van der Waals surface area (Å²) >= 11 is 0. The fourth-order valence-corrected chi connectivity index (χ4v) is 5.37. The molecule has 2 aromatic carbocycles. The van der Waals surface area contributed by atoms with Crippen molar-refractivity contribution in [3.63, 3.8) is 0 Å². The summed E-state index contributed by atoms with van der Waals surface area (Å²) in [7, 11) is -3.40. The molecule has 0 saturated carbocycles. The Hall–Kier alpha value is -2.70. The van der Waals surface area contributed by atoms with E-state index in [-0.39, 0.29) is 17.6 Å². The van der Waals surface area contributed by atoms with Gasteiger partial charge < -0.3 is 4.57 Å². The summed E-state index contributed by atoms with van der Waals surface area (Å²) in [5, 5.41) is 0. The van der Waals surface area contributed by atoms with Crippen LogP contribution >= 0.6 is 0 Å². The summed E-state index contributed by atoms with van der Waals surface area (Å²) in [6.07, 6.45) is 3.75. The molecule has 2 atom stereocenters. The molecule has 1 aliphatic rings. The summed E-state index contributed by atoms with van der Waals surface area (Å²) in [5.41, 5.74) is 5.03. The van der Waals surface area contributed by atoms with Gasteiger partial charge in [-0.15, -0.1) is 0 Å². The number of rotatable bonds is 6. The molecule has 0 radical (unpaired) electrons. The average Bonchev–Trinajstić information content (AvgIpc) is 2.75. The van der Waals surface area contributed by atoms with Crippen LogP contribution in [0.1, 0.15) is 36.2 Å². The fraction of sp³-hybridized carbons (Fsp3) is 0.320. The van der Waals surface area contributed by atoms with Crippen molar-refractivity contribution >= 4 is 10.0 Å². The lowest BCUT2D eigenvalue weighted by Gasteiger charge is -2.36. The Morgan fingerprint density at radius 2 is 1.74 bits per heavy atom. The lowest BCUT2D eigenvalue weighted by atomic mass is 9.90. The van der Waals surface area contributed by atoms with Crippen molar-refractivity contribution in [2.45, 2.75) is 44.7 Å². The zero-order chi connectivity index (χ0) is 22.0. The van der Waals surface area contributed by atoms with Crippen LogP contribution in [0, 0.1) is 0 Å². The molecule has 0 amide bonds. The third kappa shape index (κ3) is 4.81. The van der Waals surface area contributed by atoms with Crippen molar-refractivity contribution in [1.82, 2.24) is 9.29 Å². The zero-order valence-corrected chi connectivity index (χ0v) is 18.7. The van der Waals surface area contributed by atoms with Crippen LogP contribution < -0.4 is 10.3 Å². The number of nitrogens with one attached hydrogen (secondary N) is 1. The molecular weight excluding hydrogens is 408 g/mol. The van der Waals surface area contributed by atoms with Crippen LogP contribution in [0.4, 0.5) is 0 Å². The molecule has 3 aromatic rings. The summed E-state index contributed by atoms with van der Waals surface area (Å²) < 4.78 is 28.7. The molecule has 0 unspecified atom stereocenters. The van der Waals surface area contributed by atoms with Gasteiger partial charge >= 0.3 is 0 Å². The van der Waals surface area contributed by atoms with Gasteiger partial charge in [-0.1, -0.05) is 67.6 Å². The Bertz CT molecular complexity index is 1230. The van der Waals surface area contributed by atoms with E-state index in [2.05, 4.69) is 29.0 Å². The standard InChI is InChI=1S/C25H28N2O3S/c1-3-19-12-13-22-14-15-23(26-31(2,29)30)24(27(22)25(19)28)17-18-8-7-11-21(16-18)20-9-5-4-6-10-20/h4-13,16,23-24,26H,3,14-15,17H2,1-2H3/t23-,24-/m0/s1. The van der Waals surface area contributed by atoms with Crippen molar-refractivity contribution < 1.29 is 8.42 Å².